The van der Waals surface area contributed by atoms with Crippen molar-refractivity contribution in [2.75, 3.05) is 72.7 Å². The first kappa shape index (κ1) is 40.7. The van der Waals surface area contributed by atoms with E-state index in [2.05, 4.69) is 27.7 Å². The molecule has 41 heavy (non-hydrogen) atoms. The molecule has 1 N–H and O–H groups in total. The van der Waals surface area contributed by atoms with E-state index in [1.807, 2.05) is 0 Å². The molecule has 0 aliphatic carbocycles. The molecule has 0 atom stereocenters. The SMILES string of the molecule is CCCCCCOCC(COCCCCCC)OCC(CO)COC(COCCCCCC)COCCCCCC. The first-order valence-electron chi connectivity index (χ1n) is 17.4. The third-order valence-corrected chi connectivity index (χ3v) is 7.18. The van der Waals surface area contributed by atoms with Gasteiger partial charge >= 0.3 is 0 Å². The van der Waals surface area contributed by atoms with Gasteiger partial charge in [0.25, 0.3) is 0 Å². The van der Waals surface area contributed by atoms with Crippen LogP contribution in [0.25, 0.3) is 0 Å². The van der Waals surface area contributed by atoms with Crippen LogP contribution >= 0.6 is 0 Å². The highest BCUT2D eigenvalue weighted by atomic mass is 16.6. The highest BCUT2D eigenvalue weighted by molar-refractivity contribution is 4.64. The molecule has 7 heteroatoms. The van der Waals surface area contributed by atoms with E-state index in [4.69, 9.17) is 28.4 Å². The molecule has 0 spiro atoms. The third kappa shape index (κ3) is 29.6. The quantitative estimate of drug-likeness (QED) is 0.0756. The van der Waals surface area contributed by atoms with E-state index in [0.29, 0.717) is 39.6 Å². The second-order valence-corrected chi connectivity index (χ2v) is 11.5. The Morgan fingerprint density at radius 2 is 0.683 bits per heavy atom. The second kappa shape index (κ2) is 34.2. The van der Waals surface area contributed by atoms with Crippen LogP contribution in [0.5, 0.6) is 0 Å². The standard InChI is InChI=1S/C34H70O7/c1-5-9-13-17-21-36-28-33(29-37-22-18-14-10-6-2)40-26-32(25-35)27-41-34(30-38-23-19-15-11-7-3)31-39-24-20-16-12-8-4/h32-35H,5-31H2,1-4H3. The summed E-state index contributed by atoms with van der Waals surface area (Å²) in [7, 11) is 0. The van der Waals surface area contributed by atoms with Crippen LogP contribution in [0.2, 0.25) is 0 Å². The zero-order valence-electron chi connectivity index (χ0n) is 27.7. The molecule has 0 aromatic heterocycles. The summed E-state index contributed by atoms with van der Waals surface area (Å²) in [5, 5.41) is 10.1. The molecule has 0 saturated heterocycles. The molecule has 0 radical (unpaired) electrons. The molecular weight excluding hydrogens is 520 g/mol. The molecule has 0 saturated carbocycles. The van der Waals surface area contributed by atoms with Crippen molar-refractivity contribution in [1.82, 2.24) is 0 Å². The molecule has 0 bridgehead atoms. The van der Waals surface area contributed by atoms with Gasteiger partial charge in [-0.1, -0.05) is 105 Å². The third-order valence-electron chi connectivity index (χ3n) is 7.18. The summed E-state index contributed by atoms with van der Waals surface area (Å²) < 4.78 is 36.1. The maximum Gasteiger partial charge on any atom is 0.104 e. The van der Waals surface area contributed by atoms with Gasteiger partial charge in [0.05, 0.1) is 46.2 Å². The van der Waals surface area contributed by atoms with Crippen LogP contribution in [0.3, 0.4) is 0 Å². The molecule has 0 fully saturated rings. The molecule has 0 heterocycles. The van der Waals surface area contributed by atoms with Crippen LogP contribution in [0.4, 0.5) is 0 Å². The van der Waals surface area contributed by atoms with E-state index >= 15 is 0 Å². The lowest BCUT2D eigenvalue weighted by Crippen LogP contribution is -2.33. The smallest absolute Gasteiger partial charge is 0.104 e. The molecule has 7 nitrogen and oxygen atoms in total. The van der Waals surface area contributed by atoms with Crippen molar-refractivity contribution in [2.24, 2.45) is 5.92 Å². The fourth-order valence-electron chi connectivity index (χ4n) is 4.37. The number of aliphatic hydroxyl groups excluding tert-OH is 1. The lowest BCUT2D eigenvalue weighted by atomic mass is 10.2. The summed E-state index contributed by atoms with van der Waals surface area (Å²) in [6.07, 6.45) is 18.7. The zero-order valence-corrected chi connectivity index (χ0v) is 27.7. The summed E-state index contributed by atoms with van der Waals surface area (Å²) >= 11 is 0. The minimum atomic E-state index is -0.143. The van der Waals surface area contributed by atoms with Crippen molar-refractivity contribution in [3.05, 3.63) is 0 Å². The Morgan fingerprint density at radius 3 is 0.927 bits per heavy atom. The van der Waals surface area contributed by atoms with E-state index < -0.39 is 0 Å². The summed E-state index contributed by atoms with van der Waals surface area (Å²) in [6, 6.07) is 0. The number of hydrogen-bond donors (Lipinski definition) is 1. The Labute approximate surface area is 254 Å². The number of rotatable bonds is 35. The molecule has 0 unspecified atom stereocenters. The molecule has 0 aliphatic rings. The molecule has 248 valence electrons. The van der Waals surface area contributed by atoms with Gasteiger partial charge < -0.3 is 33.5 Å². The number of aliphatic hydroxyl groups is 1. The van der Waals surface area contributed by atoms with Crippen molar-refractivity contribution in [3.63, 3.8) is 0 Å². The van der Waals surface area contributed by atoms with Gasteiger partial charge in [-0.15, -0.1) is 0 Å². The molecule has 0 amide bonds. The van der Waals surface area contributed by atoms with Gasteiger partial charge in [-0.25, -0.2) is 0 Å². The Kier molecular flexibility index (Phi) is 34.0. The number of hydrogen-bond acceptors (Lipinski definition) is 7. The topological polar surface area (TPSA) is 75.6 Å². The average Bonchev–Trinajstić information content (AvgIpc) is 2.99. The van der Waals surface area contributed by atoms with Crippen molar-refractivity contribution < 1.29 is 33.5 Å². The Morgan fingerprint density at radius 1 is 0.390 bits per heavy atom. The fraction of sp³-hybridized carbons (Fsp3) is 1.00. The maximum atomic E-state index is 10.1. The number of unbranched alkanes of at least 4 members (excludes halogenated alkanes) is 12. The van der Waals surface area contributed by atoms with E-state index in [1.165, 1.54) is 77.0 Å². The van der Waals surface area contributed by atoms with Gasteiger partial charge in [0.15, 0.2) is 0 Å². The molecule has 0 rings (SSSR count). The summed E-state index contributed by atoms with van der Waals surface area (Å²) in [5.74, 6) is -0.122. The zero-order chi connectivity index (χ0) is 30.1. The summed E-state index contributed by atoms with van der Waals surface area (Å²) in [6.45, 7) is 14.7. The normalized spacial score (nSPS) is 12.0. The molecule has 0 aromatic carbocycles. The van der Waals surface area contributed by atoms with Crippen molar-refractivity contribution in [1.29, 1.82) is 0 Å². The molecule has 0 aliphatic heterocycles. The highest BCUT2D eigenvalue weighted by Crippen LogP contribution is 2.09. The average molecular weight is 591 g/mol. The Bertz CT molecular complexity index is 408. The minimum absolute atomic E-state index is 0.00490. The van der Waals surface area contributed by atoms with Gasteiger partial charge in [0.2, 0.25) is 0 Å². The minimum Gasteiger partial charge on any atom is -0.396 e. The van der Waals surface area contributed by atoms with E-state index in [-0.39, 0.29) is 24.7 Å². The van der Waals surface area contributed by atoms with E-state index in [9.17, 15) is 5.11 Å². The van der Waals surface area contributed by atoms with Crippen LogP contribution in [-0.4, -0.2) is 90.0 Å². The molecular formula is C34H70O7. The van der Waals surface area contributed by atoms with E-state index in [1.54, 1.807) is 0 Å². The largest absolute Gasteiger partial charge is 0.396 e. The molecule has 0 aromatic rings. The summed E-state index contributed by atoms with van der Waals surface area (Å²) in [4.78, 5) is 0. The van der Waals surface area contributed by atoms with Gasteiger partial charge in [0, 0.05) is 32.3 Å². The first-order valence-corrected chi connectivity index (χ1v) is 17.4. The fourth-order valence-corrected chi connectivity index (χ4v) is 4.37. The van der Waals surface area contributed by atoms with Gasteiger partial charge in [-0.05, 0) is 25.7 Å². The van der Waals surface area contributed by atoms with E-state index in [0.717, 1.165) is 52.1 Å². The van der Waals surface area contributed by atoms with Gasteiger partial charge in [0.1, 0.15) is 12.2 Å². The van der Waals surface area contributed by atoms with Crippen molar-refractivity contribution >= 4 is 0 Å². The van der Waals surface area contributed by atoms with Crippen LogP contribution in [0.1, 0.15) is 130 Å². The first-order chi connectivity index (χ1) is 20.2. The summed E-state index contributed by atoms with van der Waals surface area (Å²) in [5.41, 5.74) is 0. The van der Waals surface area contributed by atoms with Crippen LogP contribution < -0.4 is 0 Å². The van der Waals surface area contributed by atoms with Gasteiger partial charge in [-0.2, -0.15) is 0 Å². The highest BCUT2D eigenvalue weighted by Gasteiger charge is 2.18. The predicted molar refractivity (Wildman–Crippen MR) is 170 cm³/mol. The Balaban J connectivity index is 4.62. The second-order valence-electron chi connectivity index (χ2n) is 11.5. The lowest BCUT2D eigenvalue weighted by molar-refractivity contribution is -0.102. The lowest BCUT2D eigenvalue weighted by Gasteiger charge is -2.24. The monoisotopic (exact) mass is 591 g/mol. The predicted octanol–water partition coefficient (Wildman–Crippen LogP) is 7.75. The van der Waals surface area contributed by atoms with Crippen molar-refractivity contribution in [2.45, 2.75) is 143 Å². The Hall–Kier alpha value is -0.280. The van der Waals surface area contributed by atoms with Gasteiger partial charge in [-0.3, -0.25) is 0 Å². The van der Waals surface area contributed by atoms with Crippen LogP contribution in [0.15, 0.2) is 0 Å². The van der Waals surface area contributed by atoms with Crippen molar-refractivity contribution in [3.8, 4) is 0 Å². The van der Waals surface area contributed by atoms with Crippen LogP contribution in [-0.2, 0) is 28.4 Å². The maximum absolute atomic E-state index is 10.1. The number of ether oxygens (including phenoxy) is 6. The van der Waals surface area contributed by atoms with Crippen LogP contribution in [0, 0.1) is 5.92 Å².